The Morgan fingerprint density at radius 3 is 2.83 bits per heavy atom. The summed E-state index contributed by atoms with van der Waals surface area (Å²) < 4.78 is 1.88. The number of nitro benzene ring substituents is 1. The summed E-state index contributed by atoms with van der Waals surface area (Å²) in [6.45, 7) is 4.12. The van der Waals surface area contributed by atoms with Gasteiger partial charge in [-0.25, -0.2) is 0 Å². The Labute approximate surface area is 137 Å². The quantitative estimate of drug-likeness (QED) is 0.364. The number of hydrogen-bond donors (Lipinski definition) is 2. The minimum atomic E-state index is -0.647. The maximum absolute atomic E-state index is 10.8. The Kier molecular flexibility index (Phi) is 5.22. The molecule has 2 rings (SSSR count). The number of aromatic amines is 1. The lowest BCUT2D eigenvalue weighted by atomic mass is 10.0. The molecule has 0 fully saturated rings. The first kappa shape index (κ1) is 16.8. The van der Waals surface area contributed by atoms with Crippen molar-refractivity contribution in [1.29, 1.82) is 0 Å². The highest BCUT2D eigenvalue weighted by Crippen LogP contribution is 2.26. The highest BCUT2D eigenvalue weighted by molar-refractivity contribution is 7.71. The van der Waals surface area contributed by atoms with Gasteiger partial charge in [-0.05, 0) is 37.2 Å². The highest BCUT2D eigenvalue weighted by atomic mass is 32.1. The van der Waals surface area contributed by atoms with Gasteiger partial charge in [-0.15, -0.1) is 0 Å². The Morgan fingerprint density at radius 1 is 1.52 bits per heavy atom. The second-order valence-corrected chi connectivity index (χ2v) is 5.35. The second-order valence-electron chi connectivity index (χ2n) is 4.96. The Hall–Kier alpha value is -2.55. The summed E-state index contributed by atoms with van der Waals surface area (Å²) in [6.07, 6.45) is 3.25. The van der Waals surface area contributed by atoms with Crippen molar-refractivity contribution >= 4 is 24.1 Å². The summed E-state index contributed by atoms with van der Waals surface area (Å²) in [6, 6.07) is 4.04. The average Bonchev–Trinajstić information content (AvgIpc) is 2.88. The summed E-state index contributed by atoms with van der Waals surface area (Å²) in [5.41, 5.74) is 0.109. The molecule has 1 heterocycles. The van der Waals surface area contributed by atoms with Crippen LogP contribution in [0, 0.1) is 14.9 Å². The van der Waals surface area contributed by atoms with Crippen LogP contribution in [0.3, 0.4) is 0 Å². The summed E-state index contributed by atoms with van der Waals surface area (Å²) >= 11 is 5.17. The van der Waals surface area contributed by atoms with Gasteiger partial charge in [0.05, 0.1) is 11.1 Å². The molecule has 2 N–H and O–H groups in total. The number of nitro groups is 1. The smallest absolute Gasteiger partial charge is 0.311 e. The second kappa shape index (κ2) is 7.14. The zero-order valence-electron chi connectivity index (χ0n) is 12.8. The first-order valence-electron chi connectivity index (χ1n) is 7.17. The van der Waals surface area contributed by atoms with Gasteiger partial charge in [0.1, 0.15) is 0 Å². The highest BCUT2D eigenvalue weighted by Gasteiger charge is 2.16. The van der Waals surface area contributed by atoms with Gasteiger partial charge < -0.3 is 5.11 Å². The van der Waals surface area contributed by atoms with Crippen molar-refractivity contribution in [3.63, 3.8) is 0 Å². The zero-order valence-corrected chi connectivity index (χ0v) is 13.6. The predicted octanol–water partition coefficient (Wildman–Crippen LogP) is 3.34. The molecule has 8 nitrogen and oxygen atoms in total. The molecular formula is C14H17N5O3S. The molecule has 0 aliphatic heterocycles. The molecule has 0 amide bonds. The lowest BCUT2D eigenvalue weighted by Gasteiger charge is -2.10. The molecule has 0 saturated carbocycles. The van der Waals surface area contributed by atoms with Crippen molar-refractivity contribution < 1.29 is 10.0 Å². The van der Waals surface area contributed by atoms with E-state index in [1.54, 1.807) is 0 Å². The van der Waals surface area contributed by atoms with Crippen LogP contribution in [0.2, 0.25) is 0 Å². The topological polar surface area (TPSA) is 109 Å². The van der Waals surface area contributed by atoms with Gasteiger partial charge >= 0.3 is 5.69 Å². The van der Waals surface area contributed by atoms with E-state index in [0.717, 1.165) is 18.7 Å². The largest absolute Gasteiger partial charge is 0.502 e. The van der Waals surface area contributed by atoms with E-state index in [1.165, 1.54) is 29.1 Å². The Morgan fingerprint density at radius 2 is 2.22 bits per heavy atom. The molecule has 9 heteroatoms. The number of rotatable bonds is 6. The van der Waals surface area contributed by atoms with Crippen molar-refractivity contribution in [2.75, 3.05) is 0 Å². The zero-order chi connectivity index (χ0) is 17.0. The summed E-state index contributed by atoms with van der Waals surface area (Å²) in [7, 11) is 0. The summed E-state index contributed by atoms with van der Waals surface area (Å²) in [4.78, 5) is 10.2. The molecule has 0 spiro atoms. The fourth-order valence-corrected chi connectivity index (χ4v) is 2.41. The van der Waals surface area contributed by atoms with Crippen molar-refractivity contribution in [2.24, 2.45) is 5.10 Å². The molecule has 0 atom stereocenters. The van der Waals surface area contributed by atoms with Crippen LogP contribution in [0.15, 0.2) is 23.3 Å². The molecule has 1 aromatic carbocycles. The lowest BCUT2D eigenvalue weighted by Crippen LogP contribution is -2.05. The van der Waals surface area contributed by atoms with Crippen LogP contribution in [0.5, 0.6) is 5.75 Å². The van der Waals surface area contributed by atoms with Crippen LogP contribution < -0.4 is 0 Å². The van der Waals surface area contributed by atoms with Crippen LogP contribution in [-0.4, -0.2) is 31.1 Å². The van der Waals surface area contributed by atoms with E-state index in [-0.39, 0.29) is 17.4 Å². The van der Waals surface area contributed by atoms with Gasteiger partial charge in [-0.1, -0.05) is 13.8 Å². The van der Waals surface area contributed by atoms with Crippen molar-refractivity contribution in [3.8, 4) is 5.75 Å². The minimum Gasteiger partial charge on any atom is -0.502 e. The number of hydrogen-bond acceptors (Lipinski definition) is 6. The van der Waals surface area contributed by atoms with Gasteiger partial charge in [-0.2, -0.15) is 14.9 Å². The van der Waals surface area contributed by atoms with Crippen LogP contribution in [-0.2, 0) is 0 Å². The van der Waals surface area contributed by atoms with Gasteiger partial charge in [0, 0.05) is 17.5 Å². The lowest BCUT2D eigenvalue weighted by molar-refractivity contribution is -0.385. The average molecular weight is 335 g/mol. The fraction of sp³-hybridized carbons (Fsp3) is 0.357. The number of nitrogens with one attached hydrogen (secondary N) is 1. The van der Waals surface area contributed by atoms with E-state index in [1.807, 2.05) is 0 Å². The van der Waals surface area contributed by atoms with Crippen LogP contribution in [0.1, 0.15) is 44.0 Å². The molecule has 0 bridgehead atoms. The molecule has 0 unspecified atom stereocenters. The molecule has 23 heavy (non-hydrogen) atoms. The number of benzene rings is 1. The molecular weight excluding hydrogens is 318 g/mol. The Bertz CT molecular complexity index is 792. The molecule has 0 saturated heterocycles. The standard InChI is InChI=1S/C14H17N5O3S/c1-3-10(4-2)13-16-17-14(23)18(13)15-8-9-5-6-12(20)11(7-9)19(21)22/h5-8,10,20H,3-4H2,1-2H3,(H,17,23)/b15-8-. The molecule has 1 aromatic heterocycles. The van der Waals surface area contributed by atoms with E-state index in [0.29, 0.717) is 10.3 Å². The van der Waals surface area contributed by atoms with Gasteiger partial charge in [-0.3, -0.25) is 15.2 Å². The van der Waals surface area contributed by atoms with Crippen LogP contribution >= 0.6 is 12.2 Å². The third kappa shape index (κ3) is 3.62. The number of phenols is 1. The number of phenolic OH excluding ortho intramolecular Hbond substituents is 1. The molecule has 0 aliphatic carbocycles. The first-order valence-corrected chi connectivity index (χ1v) is 7.57. The molecule has 0 aliphatic rings. The molecule has 2 aromatic rings. The summed E-state index contributed by atoms with van der Waals surface area (Å²) in [5, 5.41) is 31.5. The van der Waals surface area contributed by atoms with Crippen LogP contribution in [0.4, 0.5) is 5.69 Å². The molecule has 122 valence electrons. The monoisotopic (exact) mass is 335 g/mol. The van der Waals surface area contributed by atoms with E-state index < -0.39 is 4.92 Å². The predicted molar refractivity (Wildman–Crippen MR) is 88.5 cm³/mol. The SMILES string of the molecule is CCC(CC)c1n[nH]c(=S)n1/N=C\c1ccc(O)c([N+](=O)[O-])c1. The van der Waals surface area contributed by atoms with Crippen molar-refractivity contribution in [1.82, 2.24) is 14.9 Å². The number of aromatic hydroxyl groups is 1. The maximum atomic E-state index is 10.8. The molecule has 0 radical (unpaired) electrons. The van der Waals surface area contributed by atoms with Gasteiger partial charge in [0.25, 0.3) is 0 Å². The van der Waals surface area contributed by atoms with E-state index in [4.69, 9.17) is 12.2 Å². The number of H-pyrrole nitrogens is 1. The number of aromatic nitrogens is 3. The van der Waals surface area contributed by atoms with Crippen LogP contribution in [0.25, 0.3) is 0 Å². The van der Waals surface area contributed by atoms with Crippen molar-refractivity contribution in [3.05, 3.63) is 44.5 Å². The van der Waals surface area contributed by atoms with Gasteiger partial charge in [0.2, 0.25) is 4.77 Å². The van der Waals surface area contributed by atoms with Gasteiger partial charge in [0.15, 0.2) is 11.6 Å². The number of nitrogens with zero attached hydrogens (tertiary/aromatic N) is 4. The maximum Gasteiger partial charge on any atom is 0.311 e. The third-order valence-corrected chi connectivity index (χ3v) is 3.81. The normalized spacial score (nSPS) is 11.4. The van der Waals surface area contributed by atoms with E-state index >= 15 is 0 Å². The third-order valence-electron chi connectivity index (χ3n) is 3.54. The van der Waals surface area contributed by atoms with E-state index in [9.17, 15) is 15.2 Å². The first-order chi connectivity index (χ1) is 11.0. The summed E-state index contributed by atoms with van der Waals surface area (Å²) in [5.74, 6) is 0.559. The van der Waals surface area contributed by atoms with Crippen molar-refractivity contribution in [2.45, 2.75) is 32.6 Å². The Balaban J connectivity index is 2.38. The van der Waals surface area contributed by atoms with E-state index in [2.05, 4.69) is 29.1 Å². The minimum absolute atomic E-state index is 0.217. The fourth-order valence-electron chi connectivity index (χ4n) is 2.22.